The van der Waals surface area contributed by atoms with Crippen molar-refractivity contribution in [2.45, 2.75) is 25.4 Å². The average Bonchev–Trinajstić information content (AvgIpc) is 2.68. The van der Waals surface area contributed by atoms with Crippen molar-refractivity contribution >= 4 is 5.97 Å². The molecule has 26 heavy (non-hydrogen) atoms. The Balaban J connectivity index is 1.47. The quantitative estimate of drug-likeness (QED) is 0.647. The smallest absolute Gasteiger partial charge is 0.335 e. The summed E-state index contributed by atoms with van der Waals surface area (Å²) in [5.74, 6) is -0.431. The van der Waals surface area contributed by atoms with Crippen molar-refractivity contribution < 1.29 is 23.7 Å². The molecule has 1 aliphatic heterocycles. The highest BCUT2D eigenvalue weighted by atomic mass is 16.6. The third-order valence-electron chi connectivity index (χ3n) is 4.44. The van der Waals surface area contributed by atoms with E-state index in [4.69, 9.17) is 18.9 Å². The minimum Gasteiger partial charge on any atom is -0.467 e. The molecule has 1 aliphatic rings. The first-order chi connectivity index (χ1) is 12.8. The van der Waals surface area contributed by atoms with Gasteiger partial charge in [0.2, 0.25) is 0 Å². The molecule has 1 fully saturated rings. The van der Waals surface area contributed by atoms with Crippen molar-refractivity contribution in [2.75, 3.05) is 20.3 Å². The molecule has 0 aromatic heterocycles. The number of rotatable bonds is 9. The number of hydrogen-bond donors (Lipinski definition) is 0. The summed E-state index contributed by atoms with van der Waals surface area (Å²) in [6.07, 6.45) is -0.750. The van der Waals surface area contributed by atoms with Crippen LogP contribution in [0.25, 0.3) is 0 Å². The summed E-state index contributed by atoms with van der Waals surface area (Å²) < 4.78 is 22.0. The number of methoxy groups -OCH3 is 1. The molecule has 0 N–H and O–H groups in total. The van der Waals surface area contributed by atoms with Crippen molar-refractivity contribution in [1.29, 1.82) is 0 Å². The van der Waals surface area contributed by atoms with Gasteiger partial charge in [0.25, 0.3) is 0 Å². The Labute approximate surface area is 153 Å². The number of carbonyl (C=O) groups is 1. The van der Waals surface area contributed by atoms with Gasteiger partial charge in [0.1, 0.15) is 0 Å². The summed E-state index contributed by atoms with van der Waals surface area (Å²) in [6.45, 7) is 1.86. The highest BCUT2D eigenvalue weighted by Crippen LogP contribution is 2.30. The lowest BCUT2D eigenvalue weighted by atomic mass is 9.90. The second-order valence-electron chi connectivity index (χ2n) is 6.28. The molecule has 0 unspecified atom stereocenters. The first-order valence-electron chi connectivity index (χ1n) is 8.74. The van der Waals surface area contributed by atoms with Crippen molar-refractivity contribution in [3.63, 3.8) is 0 Å². The van der Waals surface area contributed by atoms with Crippen LogP contribution in [0.1, 0.15) is 11.1 Å². The Morgan fingerprint density at radius 1 is 0.885 bits per heavy atom. The second kappa shape index (κ2) is 9.48. The first kappa shape index (κ1) is 18.6. The van der Waals surface area contributed by atoms with Gasteiger partial charge in [0.05, 0.1) is 39.6 Å². The Bertz CT molecular complexity index is 673. The second-order valence-corrected chi connectivity index (χ2v) is 6.28. The number of ether oxygens (including phenoxy) is 4. The molecular formula is C21H24O5. The zero-order valence-corrected chi connectivity index (χ0v) is 14.9. The van der Waals surface area contributed by atoms with Gasteiger partial charge in [-0.25, -0.2) is 4.79 Å². The molecule has 138 valence electrons. The minimum atomic E-state index is -0.582. The van der Waals surface area contributed by atoms with Crippen LogP contribution in [0.3, 0.4) is 0 Å². The summed E-state index contributed by atoms with van der Waals surface area (Å²) >= 11 is 0. The Morgan fingerprint density at radius 2 is 1.42 bits per heavy atom. The number of esters is 1. The van der Waals surface area contributed by atoms with Gasteiger partial charge in [0, 0.05) is 5.92 Å². The van der Waals surface area contributed by atoms with E-state index in [1.165, 1.54) is 7.11 Å². The lowest BCUT2D eigenvalue weighted by Crippen LogP contribution is -2.57. The van der Waals surface area contributed by atoms with E-state index in [2.05, 4.69) is 0 Å². The van der Waals surface area contributed by atoms with Crippen LogP contribution in [0.15, 0.2) is 60.7 Å². The maximum Gasteiger partial charge on any atom is 0.335 e. The van der Waals surface area contributed by atoms with Crippen molar-refractivity contribution in [3.05, 3.63) is 71.8 Å². The molecule has 0 spiro atoms. The van der Waals surface area contributed by atoms with Crippen molar-refractivity contribution in [3.8, 4) is 0 Å². The third-order valence-corrected chi connectivity index (χ3v) is 4.44. The fourth-order valence-electron chi connectivity index (χ4n) is 2.95. The molecule has 0 aliphatic carbocycles. The van der Waals surface area contributed by atoms with E-state index in [0.29, 0.717) is 26.4 Å². The molecule has 2 aromatic carbocycles. The number of carbonyl (C=O) groups excluding carboxylic acids is 1. The summed E-state index contributed by atoms with van der Waals surface area (Å²) in [5, 5.41) is 0. The maximum atomic E-state index is 11.8. The normalized spacial score (nSPS) is 21.8. The van der Waals surface area contributed by atoms with Gasteiger partial charge in [-0.15, -0.1) is 0 Å². The average molecular weight is 356 g/mol. The summed E-state index contributed by atoms with van der Waals surface area (Å²) in [6, 6.07) is 19.9. The molecule has 0 amide bonds. The number of benzene rings is 2. The van der Waals surface area contributed by atoms with Gasteiger partial charge >= 0.3 is 5.97 Å². The Morgan fingerprint density at radius 3 is 1.96 bits per heavy atom. The molecule has 1 saturated heterocycles. The zero-order valence-electron chi connectivity index (χ0n) is 14.9. The molecule has 0 saturated carbocycles. The van der Waals surface area contributed by atoms with E-state index in [1.807, 2.05) is 60.7 Å². The standard InChI is InChI=1S/C21H24O5/c1-23-21(22)20-18(14-24-12-16-8-4-2-5-9-16)19(26-20)15-25-13-17-10-6-3-7-11-17/h2-11,18-20H,12-15H2,1H3/t18-,19-,20+/m1/s1. The van der Waals surface area contributed by atoms with Crippen LogP contribution in [0.2, 0.25) is 0 Å². The van der Waals surface area contributed by atoms with E-state index in [0.717, 1.165) is 11.1 Å². The molecule has 0 bridgehead atoms. The molecule has 0 radical (unpaired) electrons. The fraction of sp³-hybridized carbons (Fsp3) is 0.381. The lowest BCUT2D eigenvalue weighted by Gasteiger charge is -2.42. The fourth-order valence-corrected chi connectivity index (χ4v) is 2.95. The van der Waals surface area contributed by atoms with E-state index >= 15 is 0 Å². The predicted octanol–water partition coefficient (Wildman–Crippen LogP) is 2.98. The highest BCUT2D eigenvalue weighted by molar-refractivity contribution is 5.76. The van der Waals surface area contributed by atoms with Crippen LogP contribution < -0.4 is 0 Å². The molecule has 5 nitrogen and oxygen atoms in total. The van der Waals surface area contributed by atoms with E-state index < -0.39 is 6.10 Å². The molecule has 3 atom stereocenters. The van der Waals surface area contributed by atoms with Crippen LogP contribution >= 0.6 is 0 Å². The van der Waals surface area contributed by atoms with Crippen LogP contribution in [0, 0.1) is 5.92 Å². The third kappa shape index (κ3) is 4.91. The molecule has 3 rings (SSSR count). The van der Waals surface area contributed by atoms with Gasteiger partial charge in [-0.2, -0.15) is 0 Å². The molecule has 2 aromatic rings. The maximum absolute atomic E-state index is 11.8. The van der Waals surface area contributed by atoms with E-state index in [9.17, 15) is 4.79 Å². The van der Waals surface area contributed by atoms with Crippen molar-refractivity contribution in [2.24, 2.45) is 5.92 Å². The largest absolute Gasteiger partial charge is 0.467 e. The Hall–Kier alpha value is -2.21. The van der Waals surface area contributed by atoms with E-state index in [1.54, 1.807) is 0 Å². The zero-order chi connectivity index (χ0) is 18.2. The predicted molar refractivity (Wildman–Crippen MR) is 96.4 cm³/mol. The van der Waals surface area contributed by atoms with Gasteiger partial charge in [-0.05, 0) is 11.1 Å². The van der Waals surface area contributed by atoms with Gasteiger partial charge in [-0.3, -0.25) is 0 Å². The minimum absolute atomic E-state index is 0.0677. The topological polar surface area (TPSA) is 54.0 Å². The summed E-state index contributed by atoms with van der Waals surface area (Å²) in [4.78, 5) is 11.8. The van der Waals surface area contributed by atoms with Gasteiger partial charge in [0.15, 0.2) is 6.10 Å². The van der Waals surface area contributed by atoms with Crippen LogP contribution in [-0.2, 0) is 37.0 Å². The highest BCUT2D eigenvalue weighted by Gasteiger charge is 2.47. The van der Waals surface area contributed by atoms with E-state index in [-0.39, 0.29) is 18.0 Å². The van der Waals surface area contributed by atoms with Gasteiger partial charge < -0.3 is 18.9 Å². The summed E-state index contributed by atoms with van der Waals surface area (Å²) in [7, 11) is 1.37. The molecular weight excluding hydrogens is 332 g/mol. The monoisotopic (exact) mass is 356 g/mol. The molecule has 1 heterocycles. The number of hydrogen-bond acceptors (Lipinski definition) is 5. The van der Waals surface area contributed by atoms with Crippen LogP contribution in [-0.4, -0.2) is 38.5 Å². The lowest BCUT2D eigenvalue weighted by molar-refractivity contribution is -0.231. The SMILES string of the molecule is COC(=O)[C@H]1O[C@H](COCc2ccccc2)[C@H]1COCc1ccccc1. The summed E-state index contributed by atoms with van der Waals surface area (Å²) in [5.41, 5.74) is 2.20. The van der Waals surface area contributed by atoms with Crippen molar-refractivity contribution in [1.82, 2.24) is 0 Å². The Kier molecular flexibility index (Phi) is 6.77. The molecule has 5 heteroatoms. The first-order valence-corrected chi connectivity index (χ1v) is 8.74. The van der Waals surface area contributed by atoms with Gasteiger partial charge in [-0.1, -0.05) is 60.7 Å². The van der Waals surface area contributed by atoms with Crippen LogP contribution in [0.5, 0.6) is 0 Å². The van der Waals surface area contributed by atoms with Crippen LogP contribution in [0.4, 0.5) is 0 Å².